The van der Waals surface area contributed by atoms with E-state index >= 15 is 0 Å². The monoisotopic (exact) mass is 274 g/mol. The van der Waals surface area contributed by atoms with Crippen LogP contribution in [-0.4, -0.2) is 37.6 Å². The van der Waals surface area contributed by atoms with Crippen LogP contribution in [0, 0.1) is 0 Å². The van der Waals surface area contributed by atoms with E-state index in [1.54, 1.807) is 17.1 Å². The van der Waals surface area contributed by atoms with Crippen molar-refractivity contribution in [2.75, 3.05) is 26.7 Å². The molecule has 4 nitrogen and oxygen atoms in total. The third-order valence-electron chi connectivity index (χ3n) is 2.72. The minimum atomic E-state index is -0.0795. The van der Waals surface area contributed by atoms with Gasteiger partial charge in [-0.3, -0.25) is 4.79 Å². The van der Waals surface area contributed by atoms with Crippen molar-refractivity contribution in [1.29, 1.82) is 0 Å². The molecule has 1 N–H and O–H groups in total. The van der Waals surface area contributed by atoms with Crippen LogP contribution in [0.2, 0.25) is 0 Å². The molecule has 0 atom stereocenters. The van der Waals surface area contributed by atoms with E-state index in [4.69, 9.17) is 4.74 Å². The maximum Gasteiger partial charge on any atom is 0.261 e. The Kier molecular flexibility index (Phi) is 7.14. The molecule has 4 heteroatoms. The number of nitrogens with one attached hydrogen (secondary N) is 1. The molecule has 0 fully saturated rings. The average molecular weight is 274 g/mol. The van der Waals surface area contributed by atoms with Crippen molar-refractivity contribution in [3.05, 3.63) is 55.1 Å². The summed E-state index contributed by atoms with van der Waals surface area (Å²) in [7, 11) is 1.90. The average Bonchev–Trinajstić information content (AvgIpc) is 2.46. The molecule has 0 aliphatic carbocycles. The maximum atomic E-state index is 12.0. The van der Waals surface area contributed by atoms with Crippen LogP contribution in [0.3, 0.4) is 0 Å². The fourth-order valence-electron chi connectivity index (χ4n) is 1.73. The quantitative estimate of drug-likeness (QED) is 0.700. The van der Waals surface area contributed by atoms with Gasteiger partial charge >= 0.3 is 0 Å². The van der Waals surface area contributed by atoms with Gasteiger partial charge < -0.3 is 15.0 Å². The van der Waals surface area contributed by atoms with Gasteiger partial charge in [0.1, 0.15) is 5.75 Å². The minimum Gasteiger partial charge on any atom is -0.484 e. The number of carbonyl (C=O) groups excluding carboxylic acids is 1. The summed E-state index contributed by atoms with van der Waals surface area (Å²) in [5.41, 5.74) is 1.17. The predicted molar refractivity (Wildman–Crippen MR) is 81.7 cm³/mol. The van der Waals surface area contributed by atoms with Crippen LogP contribution in [0.25, 0.3) is 0 Å². The van der Waals surface area contributed by atoms with E-state index in [2.05, 4.69) is 18.5 Å². The Balaban J connectivity index is 2.50. The molecule has 1 aromatic carbocycles. The van der Waals surface area contributed by atoms with Crippen LogP contribution in [0.15, 0.2) is 49.6 Å². The highest BCUT2D eigenvalue weighted by Gasteiger charge is 2.11. The highest BCUT2D eigenvalue weighted by atomic mass is 16.5. The lowest BCUT2D eigenvalue weighted by Crippen LogP contribution is -2.35. The molecule has 20 heavy (non-hydrogen) atoms. The standard InChI is InChI=1S/C16H22N2O2/c1-4-10-18(11-5-2)16(19)13-20-15-8-6-14(7-9-15)12-17-3/h4-9,17H,1-2,10-13H2,3H3. The van der Waals surface area contributed by atoms with Crippen LogP contribution in [-0.2, 0) is 11.3 Å². The van der Waals surface area contributed by atoms with Gasteiger partial charge in [-0.05, 0) is 24.7 Å². The topological polar surface area (TPSA) is 41.6 Å². The Morgan fingerprint density at radius 1 is 1.25 bits per heavy atom. The summed E-state index contributed by atoms with van der Waals surface area (Å²) in [6, 6.07) is 7.68. The van der Waals surface area contributed by atoms with E-state index in [0.717, 1.165) is 6.54 Å². The molecule has 0 aliphatic heterocycles. The highest BCUT2D eigenvalue weighted by Crippen LogP contribution is 2.12. The van der Waals surface area contributed by atoms with Gasteiger partial charge in [-0.1, -0.05) is 24.3 Å². The molecule has 0 aromatic heterocycles. The van der Waals surface area contributed by atoms with Crippen LogP contribution in [0.5, 0.6) is 5.75 Å². The smallest absolute Gasteiger partial charge is 0.261 e. The summed E-state index contributed by atoms with van der Waals surface area (Å²) in [4.78, 5) is 13.6. The van der Waals surface area contributed by atoms with Gasteiger partial charge in [0.2, 0.25) is 0 Å². The largest absolute Gasteiger partial charge is 0.484 e. The molecular weight excluding hydrogens is 252 g/mol. The first-order chi connectivity index (χ1) is 9.71. The van der Waals surface area contributed by atoms with E-state index in [1.807, 2.05) is 31.3 Å². The molecule has 0 unspecified atom stereocenters. The number of benzene rings is 1. The van der Waals surface area contributed by atoms with Crippen LogP contribution in [0.1, 0.15) is 5.56 Å². The summed E-state index contributed by atoms with van der Waals surface area (Å²) in [6.45, 7) is 9.09. The lowest BCUT2D eigenvalue weighted by atomic mass is 10.2. The van der Waals surface area contributed by atoms with Crippen LogP contribution in [0.4, 0.5) is 0 Å². The third-order valence-corrected chi connectivity index (χ3v) is 2.72. The Labute approximate surface area is 120 Å². The molecule has 0 bridgehead atoms. The molecule has 0 saturated carbocycles. The van der Waals surface area contributed by atoms with Crippen molar-refractivity contribution in [2.45, 2.75) is 6.54 Å². The second kappa shape index (κ2) is 8.93. The van der Waals surface area contributed by atoms with Gasteiger partial charge in [0.05, 0.1) is 0 Å². The van der Waals surface area contributed by atoms with Crippen molar-refractivity contribution in [3.63, 3.8) is 0 Å². The number of rotatable bonds is 9. The number of hydrogen-bond donors (Lipinski definition) is 1. The molecule has 0 saturated heterocycles. The summed E-state index contributed by atoms with van der Waals surface area (Å²) < 4.78 is 5.49. The van der Waals surface area contributed by atoms with E-state index < -0.39 is 0 Å². The normalized spacial score (nSPS) is 9.85. The number of amides is 1. The highest BCUT2D eigenvalue weighted by molar-refractivity contribution is 5.78. The van der Waals surface area contributed by atoms with Gasteiger partial charge in [-0.15, -0.1) is 13.2 Å². The molecule has 0 heterocycles. The lowest BCUT2D eigenvalue weighted by molar-refractivity contribution is -0.132. The zero-order valence-electron chi connectivity index (χ0n) is 12.0. The first kappa shape index (κ1) is 16.0. The van der Waals surface area contributed by atoms with Crippen LogP contribution >= 0.6 is 0 Å². The first-order valence-corrected chi connectivity index (χ1v) is 6.57. The van der Waals surface area contributed by atoms with Crippen molar-refractivity contribution in [1.82, 2.24) is 10.2 Å². The lowest BCUT2D eigenvalue weighted by Gasteiger charge is -2.19. The van der Waals surface area contributed by atoms with E-state index in [-0.39, 0.29) is 12.5 Å². The minimum absolute atomic E-state index is 0.0209. The number of carbonyl (C=O) groups is 1. The van der Waals surface area contributed by atoms with E-state index in [9.17, 15) is 4.79 Å². The molecule has 1 rings (SSSR count). The molecule has 1 aromatic rings. The Bertz CT molecular complexity index is 430. The summed E-state index contributed by atoms with van der Waals surface area (Å²) in [5, 5.41) is 3.08. The van der Waals surface area contributed by atoms with Gasteiger partial charge in [-0.25, -0.2) is 0 Å². The van der Waals surface area contributed by atoms with Crippen LogP contribution < -0.4 is 10.1 Å². The Morgan fingerprint density at radius 3 is 2.35 bits per heavy atom. The van der Waals surface area contributed by atoms with Gasteiger partial charge in [0.25, 0.3) is 5.91 Å². The van der Waals surface area contributed by atoms with Gasteiger partial charge in [0, 0.05) is 19.6 Å². The van der Waals surface area contributed by atoms with Crippen molar-refractivity contribution in [3.8, 4) is 5.75 Å². The predicted octanol–water partition coefficient (Wildman–Crippen LogP) is 1.99. The van der Waals surface area contributed by atoms with E-state index in [1.165, 1.54) is 5.56 Å². The number of nitrogens with zero attached hydrogens (tertiary/aromatic N) is 1. The Hall–Kier alpha value is -2.07. The summed E-state index contributed by atoms with van der Waals surface area (Å²) in [6.07, 6.45) is 3.38. The van der Waals surface area contributed by atoms with Gasteiger partial charge in [-0.2, -0.15) is 0 Å². The summed E-state index contributed by atoms with van der Waals surface area (Å²) >= 11 is 0. The molecule has 0 spiro atoms. The molecule has 108 valence electrons. The fourth-order valence-corrected chi connectivity index (χ4v) is 1.73. The Morgan fingerprint density at radius 2 is 1.85 bits per heavy atom. The maximum absolute atomic E-state index is 12.0. The second-order valence-electron chi connectivity index (χ2n) is 4.34. The number of ether oxygens (including phenoxy) is 1. The SMILES string of the molecule is C=CCN(CC=C)C(=O)COc1ccc(CNC)cc1. The molecular formula is C16H22N2O2. The first-order valence-electron chi connectivity index (χ1n) is 6.57. The zero-order valence-corrected chi connectivity index (χ0v) is 12.0. The van der Waals surface area contributed by atoms with Gasteiger partial charge in [0.15, 0.2) is 6.61 Å². The number of hydrogen-bond acceptors (Lipinski definition) is 3. The fraction of sp³-hybridized carbons (Fsp3) is 0.312. The molecule has 0 radical (unpaired) electrons. The molecule has 1 amide bonds. The molecule has 0 aliphatic rings. The third kappa shape index (κ3) is 5.28. The van der Waals surface area contributed by atoms with Crippen molar-refractivity contribution in [2.24, 2.45) is 0 Å². The van der Waals surface area contributed by atoms with Crippen molar-refractivity contribution < 1.29 is 9.53 Å². The zero-order chi connectivity index (χ0) is 14.8. The summed E-state index contributed by atoms with van der Waals surface area (Å²) in [5.74, 6) is 0.611. The second-order valence-corrected chi connectivity index (χ2v) is 4.34. The van der Waals surface area contributed by atoms with Crippen molar-refractivity contribution >= 4 is 5.91 Å². The van der Waals surface area contributed by atoms with E-state index in [0.29, 0.717) is 18.8 Å².